The van der Waals surface area contributed by atoms with Gasteiger partial charge >= 0.3 is 11.9 Å². The Morgan fingerprint density at radius 3 is 1.86 bits per heavy atom. The van der Waals surface area contributed by atoms with Gasteiger partial charge in [-0.2, -0.15) is 0 Å². The number of nitrogens with zero attached hydrogens (tertiary/aromatic N) is 1. The summed E-state index contributed by atoms with van der Waals surface area (Å²) in [6.45, 7) is 2.65. The largest absolute Gasteiger partial charge is 0.465 e. The van der Waals surface area contributed by atoms with Crippen molar-refractivity contribution in [3.8, 4) is 0 Å². The first-order chi connectivity index (χ1) is 10.3. The van der Waals surface area contributed by atoms with Gasteiger partial charge in [0.2, 0.25) is 0 Å². The van der Waals surface area contributed by atoms with Crippen molar-refractivity contribution in [1.82, 2.24) is 0 Å². The normalized spacial score (nSPS) is 10.4. The summed E-state index contributed by atoms with van der Waals surface area (Å²) in [4.78, 5) is 33.1. The minimum absolute atomic E-state index is 0.120. The number of ether oxygens (including phenoxy) is 2. The number of hydrogen-bond donors (Lipinski definition) is 0. The Kier molecular flexibility index (Phi) is 5.90. The van der Waals surface area contributed by atoms with E-state index in [1.54, 1.807) is 0 Å². The predicted molar refractivity (Wildman–Crippen MR) is 69.0 cm³/mol. The van der Waals surface area contributed by atoms with E-state index in [9.17, 15) is 28.5 Å². The van der Waals surface area contributed by atoms with Gasteiger partial charge in [-0.3, -0.25) is 19.7 Å². The van der Waals surface area contributed by atoms with Gasteiger partial charge in [-0.05, 0) is 13.8 Å². The number of esters is 2. The number of carbonyl (C=O) groups is 2. The third kappa shape index (κ3) is 3.74. The Balaban J connectivity index is 3.39. The lowest BCUT2D eigenvalue weighted by atomic mass is 9.97. The van der Waals surface area contributed by atoms with Gasteiger partial charge in [0.05, 0.1) is 30.3 Å². The minimum atomic E-state index is -1.99. The van der Waals surface area contributed by atoms with Crippen LogP contribution in [-0.4, -0.2) is 30.1 Å². The van der Waals surface area contributed by atoms with E-state index < -0.39 is 45.7 Å². The summed E-state index contributed by atoms with van der Waals surface area (Å²) in [7, 11) is 0. The van der Waals surface area contributed by atoms with Gasteiger partial charge in [-0.1, -0.05) is 0 Å². The van der Waals surface area contributed by atoms with Crippen LogP contribution in [0.2, 0.25) is 0 Å². The Bertz CT molecular complexity index is 563. The molecule has 0 unspecified atom stereocenters. The fraction of sp³-hybridized carbons (Fsp3) is 0.385. The topological polar surface area (TPSA) is 95.7 Å². The summed E-state index contributed by atoms with van der Waals surface area (Å²) in [5, 5.41) is 10.5. The van der Waals surface area contributed by atoms with Crippen molar-refractivity contribution in [3.63, 3.8) is 0 Å². The van der Waals surface area contributed by atoms with Crippen LogP contribution in [0.15, 0.2) is 12.1 Å². The van der Waals surface area contributed by atoms with Crippen LogP contribution in [0.5, 0.6) is 0 Å². The van der Waals surface area contributed by atoms with Crippen LogP contribution in [0, 0.1) is 21.7 Å². The molecule has 120 valence electrons. The highest BCUT2D eigenvalue weighted by Gasteiger charge is 2.37. The number of carbonyl (C=O) groups excluding carboxylic acids is 2. The molecule has 0 radical (unpaired) electrons. The standard InChI is InChI=1S/C13H13F2NO6/c1-3-21-12(17)11(13(18)22-4-2)10-8(14)5-7(16(19)20)6-9(10)15/h5-6,11H,3-4H2,1-2H3. The molecular formula is C13H13F2NO6. The molecule has 0 saturated heterocycles. The van der Waals surface area contributed by atoms with E-state index in [-0.39, 0.29) is 13.2 Å². The second-order valence-corrected chi connectivity index (χ2v) is 4.02. The number of nitro groups is 1. The SMILES string of the molecule is CCOC(=O)C(C(=O)OCC)c1c(F)cc([N+](=O)[O-])cc1F. The summed E-state index contributed by atoms with van der Waals surface area (Å²) in [6, 6.07) is 0.841. The van der Waals surface area contributed by atoms with Gasteiger partial charge in [0, 0.05) is 5.56 Å². The monoisotopic (exact) mass is 317 g/mol. The summed E-state index contributed by atoms with van der Waals surface area (Å²) < 4.78 is 37.1. The molecule has 0 atom stereocenters. The molecule has 22 heavy (non-hydrogen) atoms. The second-order valence-electron chi connectivity index (χ2n) is 4.02. The molecule has 1 rings (SSSR count). The zero-order valence-electron chi connectivity index (χ0n) is 11.8. The van der Waals surface area contributed by atoms with Gasteiger partial charge in [0.1, 0.15) is 11.6 Å². The van der Waals surface area contributed by atoms with E-state index >= 15 is 0 Å². The zero-order valence-corrected chi connectivity index (χ0v) is 11.8. The van der Waals surface area contributed by atoms with Crippen molar-refractivity contribution in [3.05, 3.63) is 39.4 Å². The number of non-ortho nitro benzene ring substituents is 1. The average Bonchev–Trinajstić information content (AvgIpc) is 2.42. The molecule has 0 amide bonds. The fourth-order valence-electron chi connectivity index (χ4n) is 1.74. The smallest absolute Gasteiger partial charge is 0.325 e. The van der Waals surface area contributed by atoms with E-state index in [2.05, 4.69) is 9.47 Å². The van der Waals surface area contributed by atoms with Gasteiger partial charge < -0.3 is 9.47 Å². The van der Waals surface area contributed by atoms with Crippen molar-refractivity contribution in [1.29, 1.82) is 0 Å². The highest BCUT2D eigenvalue weighted by atomic mass is 19.1. The van der Waals surface area contributed by atoms with E-state index in [1.165, 1.54) is 13.8 Å². The molecule has 9 heteroatoms. The van der Waals surface area contributed by atoms with E-state index in [0.717, 1.165) is 0 Å². The first-order valence-corrected chi connectivity index (χ1v) is 6.30. The van der Waals surface area contributed by atoms with Crippen LogP contribution in [0.4, 0.5) is 14.5 Å². The van der Waals surface area contributed by atoms with E-state index in [4.69, 9.17) is 0 Å². The molecule has 0 saturated carbocycles. The maximum Gasteiger partial charge on any atom is 0.325 e. The van der Waals surface area contributed by atoms with Crippen molar-refractivity contribution >= 4 is 17.6 Å². The molecule has 0 aliphatic carbocycles. The summed E-state index contributed by atoms with van der Waals surface area (Å²) in [6.07, 6.45) is 0. The number of rotatable bonds is 6. The van der Waals surface area contributed by atoms with Crippen LogP contribution in [0.1, 0.15) is 25.3 Å². The maximum atomic E-state index is 14.0. The maximum absolute atomic E-state index is 14.0. The number of hydrogen-bond acceptors (Lipinski definition) is 6. The van der Waals surface area contributed by atoms with Crippen molar-refractivity contribution in [2.45, 2.75) is 19.8 Å². The summed E-state index contributed by atoms with van der Waals surface area (Å²) >= 11 is 0. The van der Waals surface area contributed by atoms with Gasteiger partial charge in [0.15, 0.2) is 5.92 Å². The Labute approximate surface area is 124 Å². The van der Waals surface area contributed by atoms with Crippen molar-refractivity contribution in [2.75, 3.05) is 13.2 Å². The molecule has 0 bridgehead atoms. The highest BCUT2D eigenvalue weighted by molar-refractivity contribution is 6.01. The number of benzene rings is 1. The average molecular weight is 317 g/mol. The van der Waals surface area contributed by atoms with Gasteiger partial charge in [-0.15, -0.1) is 0 Å². The molecule has 7 nitrogen and oxygen atoms in total. The lowest BCUT2D eigenvalue weighted by molar-refractivity contribution is -0.385. The molecular weight excluding hydrogens is 304 g/mol. The Hall–Kier alpha value is -2.58. The van der Waals surface area contributed by atoms with Crippen LogP contribution in [0.3, 0.4) is 0 Å². The third-order valence-corrected chi connectivity index (χ3v) is 2.61. The van der Waals surface area contributed by atoms with Crippen molar-refractivity contribution < 1.29 is 32.8 Å². The van der Waals surface area contributed by atoms with E-state index in [0.29, 0.717) is 12.1 Å². The highest BCUT2D eigenvalue weighted by Crippen LogP contribution is 2.29. The zero-order chi connectivity index (χ0) is 16.9. The quantitative estimate of drug-likeness (QED) is 0.345. The number of halogens is 2. The molecule has 0 heterocycles. The van der Waals surface area contributed by atoms with E-state index in [1.807, 2.05) is 0 Å². The molecule has 0 aliphatic heterocycles. The third-order valence-electron chi connectivity index (χ3n) is 2.61. The first-order valence-electron chi connectivity index (χ1n) is 6.30. The van der Waals surface area contributed by atoms with Gasteiger partial charge in [-0.25, -0.2) is 8.78 Å². The summed E-state index contributed by atoms with van der Waals surface area (Å²) in [5.41, 5.74) is -1.78. The molecule has 0 aliphatic rings. The predicted octanol–water partition coefficient (Wildman–Crippen LogP) is 2.08. The fourth-order valence-corrected chi connectivity index (χ4v) is 1.74. The second kappa shape index (κ2) is 7.43. The lowest BCUT2D eigenvalue weighted by Crippen LogP contribution is -2.28. The summed E-state index contributed by atoms with van der Waals surface area (Å²) in [5.74, 6) is -7.20. The van der Waals surface area contributed by atoms with Gasteiger partial charge in [0.25, 0.3) is 5.69 Å². The molecule has 0 spiro atoms. The van der Waals surface area contributed by atoms with Crippen LogP contribution in [0.25, 0.3) is 0 Å². The van der Waals surface area contributed by atoms with Crippen LogP contribution < -0.4 is 0 Å². The van der Waals surface area contributed by atoms with Crippen molar-refractivity contribution in [2.24, 2.45) is 0 Å². The molecule has 0 fully saturated rings. The minimum Gasteiger partial charge on any atom is -0.465 e. The Morgan fingerprint density at radius 1 is 1.14 bits per heavy atom. The lowest BCUT2D eigenvalue weighted by Gasteiger charge is -2.15. The Morgan fingerprint density at radius 2 is 1.55 bits per heavy atom. The molecule has 1 aromatic carbocycles. The first kappa shape index (κ1) is 17.5. The van der Waals surface area contributed by atoms with Crippen LogP contribution in [-0.2, 0) is 19.1 Å². The number of nitro benzene ring substituents is 1. The van der Waals surface area contributed by atoms with Crippen LogP contribution >= 0.6 is 0 Å². The molecule has 1 aromatic rings. The molecule has 0 N–H and O–H groups in total. The molecule has 0 aromatic heterocycles.